The van der Waals surface area contributed by atoms with Gasteiger partial charge in [0.1, 0.15) is 11.2 Å². The van der Waals surface area contributed by atoms with E-state index in [1.807, 2.05) is 0 Å². The van der Waals surface area contributed by atoms with Crippen molar-refractivity contribution in [3.05, 3.63) is 71.8 Å². The van der Waals surface area contributed by atoms with Crippen LogP contribution in [0, 0.1) is 0 Å². The van der Waals surface area contributed by atoms with Crippen LogP contribution in [-0.4, -0.2) is 0 Å². The molecule has 1 heterocycles. The second kappa shape index (κ2) is 5.99. The van der Waals surface area contributed by atoms with Crippen LogP contribution in [0.15, 0.2) is 65.1 Å². The molecule has 3 aromatic carbocycles. The summed E-state index contributed by atoms with van der Waals surface area (Å²) in [7, 11) is 0. The first kappa shape index (κ1) is 17.9. The first-order chi connectivity index (χ1) is 12.6. The van der Waals surface area contributed by atoms with Gasteiger partial charge < -0.3 is 4.42 Å². The lowest BCUT2D eigenvalue weighted by Crippen LogP contribution is -2.12. The first-order valence-electron chi connectivity index (χ1n) is 9.71. The van der Waals surface area contributed by atoms with Gasteiger partial charge >= 0.3 is 0 Å². The summed E-state index contributed by atoms with van der Waals surface area (Å²) in [4.78, 5) is 0. The van der Waals surface area contributed by atoms with Crippen LogP contribution in [-0.2, 0) is 10.8 Å². The Labute approximate surface area is 162 Å². The Bertz CT molecular complexity index is 1130. The second-order valence-corrected chi connectivity index (χ2v) is 9.57. The van der Waals surface area contributed by atoms with Gasteiger partial charge in [-0.05, 0) is 51.3 Å². The molecule has 0 saturated heterocycles. The quantitative estimate of drug-likeness (QED) is 0.338. The van der Waals surface area contributed by atoms with Gasteiger partial charge in [0.2, 0.25) is 0 Å². The van der Waals surface area contributed by atoms with E-state index < -0.39 is 0 Å². The van der Waals surface area contributed by atoms with E-state index in [0.29, 0.717) is 0 Å². The highest BCUT2D eigenvalue weighted by molar-refractivity contribution is 6.06. The van der Waals surface area contributed by atoms with Crippen molar-refractivity contribution in [2.24, 2.45) is 0 Å². The third kappa shape index (κ3) is 3.16. The zero-order chi connectivity index (χ0) is 19.4. The van der Waals surface area contributed by atoms with E-state index in [1.54, 1.807) is 0 Å². The fourth-order valence-electron chi connectivity index (χ4n) is 3.80. The zero-order valence-electron chi connectivity index (χ0n) is 17.2. The van der Waals surface area contributed by atoms with Gasteiger partial charge in [0.15, 0.2) is 0 Å². The lowest BCUT2D eigenvalue weighted by Gasteiger charge is -2.23. The summed E-state index contributed by atoms with van der Waals surface area (Å²) >= 11 is 0. The number of furan rings is 1. The molecule has 0 aliphatic rings. The maximum Gasteiger partial charge on any atom is 0.136 e. The molecule has 0 atom stereocenters. The van der Waals surface area contributed by atoms with Crippen LogP contribution < -0.4 is 0 Å². The van der Waals surface area contributed by atoms with Gasteiger partial charge in [0.25, 0.3) is 0 Å². The zero-order valence-corrected chi connectivity index (χ0v) is 17.2. The van der Waals surface area contributed by atoms with Gasteiger partial charge in [-0.3, -0.25) is 0 Å². The Morgan fingerprint density at radius 3 is 1.93 bits per heavy atom. The minimum atomic E-state index is 0.0983. The topological polar surface area (TPSA) is 13.1 Å². The molecule has 0 amide bonds. The predicted octanol–water partition coefficient (Wildman–Crippen LogP) is 7.85. The van der Waals surface area contributed by atoms with Crippen molar-refractivity contribution >= 4 is 21.9 Å². The summed E-state index contributed by atoms with van der Waals surface area (Å²) < 4.78 is 6.28. The van der Waals surface area contributed by atoms with Crippen molar-refractivity contribution in [1.82, 2.24) is 0 Å². The van der Waals surface area contributed by atoms with Crippen molar-refractivity contribution in [3.8, 4) is 11.1 Å². The number of rotatable bonds is 1. The van der Waals surface area contributed by atoms with E-state index >= 15 is 0 Å². The van der Waals surface area contributed by atoms with E-state index in [4.69, 9.17) is 4.42 Å². The van der Waals surface area contributed by atoms with E-state index in [-0.39, 0.29) is 10.8 Å². The van der Waals surface area contributed by atoms with E-state index in [1.165, 1.54) is 33.0 Å². The average Bonchev–Trinajstić information content (AvgIpc) is 2.97. The number of fused-ring (bicyclic) bond motifs is 3. The lowest BCUT2D eigenvalue weighted by molar-refractivity contribution is 0.587. The molecule has 4 aromatic rings. The fourth-order valence-corrected chi connectivity index (χ4v) is 3.80. The largest absolute Gasteiger partial charge is 0.456 e. The molecule has 0 saturated carbocycles. The summed E-state index contributed by atoms with van der Waals surface area (Å²) in [6.45, 7) is 13.5. The average molecular weight is 357 g/mol. The minimum Gasteiger partial charge on any atom is -0.456 e. The lowest BCUT2D eigenvalue weighted by atomic mass is 9.82. The van der Waals surface area contributed by atoms with Crippen molar-refractivity contribution in [1.29, 1.82) is 0 Å². The van der Waals surface area contributed by atoms with Crippen LogP contribution in [0.2, 0.25) is 0 Å². The molecular weight excluding hydrogens is 328 g/mol. The normalized spacial score (nSPS) is 12.8. The van der Waals surface area contributed by atoms with Crippen molar-refractivity contribution in [2.75, 3.05) is 0 Å². The Hall–Kier alpha value is -2.54. The van der Waals surface area contributed by atoms with Gasteiger partial charge in [-0.25, -0.2) is 0 Å². The van der Waals surface area contributed by atoms with Crippen LogP contribution in [0.1, 0.15) is 52.7 Å². The van der Waals surface area contributed by atoms with E-state index in [2.05, 4.69) is 102 Å². The number of hydrogen-bond acceptors (Lipinski definition) is 1. The monoisotopic (exact) mass is 356 g/mol. The van der Waals surface area contributed by atoms with Gasteiger partial charge in [0.05, 0.1) is 0 Å². The van der Waals surface area contributed by atoms with Crippen LogP contribution in [0.3, 0.4) is 0 Å². The molecule has 0 aliphatic heterocycles. The van der Waals surface area contributed by atoms with Crippen molar-refractivity contribution in [2.45, 2.75) is 52.4 Å². The Morgan fingerprint density at radius 1 is 0.630 bits per heavy atom. The summed E-state index contributed by atoms with van der Waals surface area (Å²) in [6.07, 6.45) is 0. The highest BCUT2D eigenvalue weighted by atomic mass is 16.3. The number of hydrogen-bond donors (Lipinski definition) is 0. The summed E-state index contributed by atoms with van der Waals surface area (Å²) in [5.74, 6) is 0. The van der Waals surface area contributed by atoms with Crippen LogP contribution in [0.4, 0.5) is 0 Å². The Balaban J connectivity index is 1.90. The van der Waals surface area contributed by atoms with Gasteiger partial charge in [-0.15, -0.1) is 0 Å². The highest BCUT2D eigenvalue weighted by Gasteiger charge is 2.19. The smallest absolute Gasteiger partial charge is 0.136 e. The molecule has 4 rings (SSSR count). The minimum absolute atomic E-state index is 0.0983. The van der Waals surface area contributed by atoms with E-state index in [9.17, 15) is 0 Å². The maximum atomic E-state index is 6.28. The van der Waals surface area contributed by atoms with Crippen molar-refractivity contribution in [3.63, 3.8) is 0 Å². The number of benzene rings is 3. The van der Waals surface area contributed by atoms with Gasteiger partial charge in [-0.2, -0.15) is 0 Å². The molecule has 1 nitrogen and oxygen atoms in total. The molecule has 27 heavy (non-hydrogen) atoms. The molecule has 1 heteroatoms. The molecule has 0 spiro atoms. The van der Waals surface area contributed by atoms with E-state index in [0.717, 1.165) is 11.2 Å². The van der Waals surface area contributed by atoms with Gasteiger partial charge in [-0.1, -0.05) is 84.0 Å². The molecule has 0 fully saturated rings. The predicted molar refractivity (Wildman–Crippen MR) is 117 cm³/mol. The fraction of sp³-hybridized carbons (Fsp3) is 0.308. The summed E-state index contributed by atoms with van der Waals surface area (Å²) in [6, 6.07) is 21.9. The second-order valence-electron chi connectivity index (χ2n) is 9.57. The van der Waals surface area contributed by atoms with Gasteiger partial charge in [0, 0.05) is 10.8 Å². The SMILES string of the molecule is CC(C)(C)c1ccc2c(c1)oc1cc(-c3ccccc3C(C)(C)C)ccc12. The van der Waals surface area contributed by atoms with Crippen molar-refractivity contribution < 1.29 is 4.42 Å². The maximum absolute atomic E-state index is 6.28. The van der Waals surface area contributed by atoms with Crippen LogP contribution in [0.25, 0.3) is 33.1 Å². The van der Waals surface area contributed by atoms with Crippen LogP contribution >= 0.6 is 0 Å². The Morgan fingerprint density at radius 2 is 1.26 bits per heavy atom. The summed E-state index contributed by atoms with van der Waals surface area (Å²) in [5.41, 5.74) is 7.29. The molecule has 0 unspecified atom stereocenters. The molecular formula is C26H28O. The molecule has 0 aliphatic carbocycles. The molecule has 1 aromatic heterocycles. The van der Waals surface area contributed by atoms with Crippen LogP contribution in [0.5, 0.6) is 0 Å². The highest BCUT2D eigenvalue weighted by Crippen LogP contribution is 2.37. The standard InChI is InChI=1S/C26H28O/c1-25(2,3)18-12-14-21-20-13-11-17(15-23(20)27-24(21)16-18)19-9-7-8-10-22(19)26(4,5)6/h7-16H,1-6H3. The third-order valence-corrected chi connectivity index (χ3v) is 5.39. The molecule has 0 radical (unpaired) electrons. The molecule has 0 N–H and O–H groups in total. The molecule has 138 valence electrons. The summed E-state index contributed by atoms with van der Waals surface area (Å²) in [5, 5.41) is 2.37. The third-order valence-electron chi connectivity index (χ3n) is 5.39. The molecule has 0 bridgehead atoms. The Kier molecular flexibility index (Phi) is 3.96. The first-order valence-corrected chi connectivity index (χ1v) is 9.71.